The van der Waals surface area contributed by atoms with Gasteiger partial charge in [-0.15, -0.1) is 0 Å². The van der Waals surface area contributed by atoms with Gasteiger partial charge in [0.2, 0.25) is 0 Å². The Morgan fingerprint density at radius 3 is 2.40 bits per heavy atom. The molecule has 0 amide bonds. The van der Waals surface area contributed by atoms with Crippen LogP contribution in [0, 0.1) is 6.92 Å². The van der Waals surface area contributed by atoms with Crippen molar-refractivity contribution in [2.75, 3.05) is 0 Å². The van der Waals surface area contributed by atoms with Gasteiger partial charge in [0.25, 0.3) is 0 Å². The molecular weight excluding hydrogens is 246 g/mol. The maximum Gasteiger partial charge on any atom is 0.181 e. The third-order valence-corrected chi connectivity index (χ3v) is 3.33. The van der Waals surface area contributed by atoms with Crippen molar-refractivity contribution >= 4 is 0 Å². The first-order valence-corrected chi connectivity index (χ1v) is 6.83. The highest BCUT2D eigenvalue weighted by Gasteiger charge is 2.05. The quantitative estimate of drug-likeness (QED) is 0.782. The average Bonchev–Trinajstić information content (AvgIpc) is 2.96. The van der Waals surface area contributed by atoms with Crippen LogP contribution >= 0.6 is 0 Å². The van der Waals surface area contributed by atoms with Gasteiger partial charge in [0.05, 0.1) is 0 Å². The first kappa shape index (κ1) is 12.6. The van der Waals surface area contributed by atoms with Crippen molar-refractivity contribution in [1.82, 2.24) is 15.2 Å². The third kappa shape index (κ3) is 2.94. The first-order valence-electron chi connectivity index (χ1n) is 6.83. The van der Waals surface area contributed by atoms with E-state index in [0.717, 1.165) is 30.1 Å². The number of hydrogen-bond acceptors (Lipinski definition) is 2. The van der Waals surface area contributed by atoms with Crippen molar-refractivity contribution in [2.24, 2.45) is 0 Å². The Kier molecular flexibility index (Phi) is 3.59. The Morgan fingerprint density at radius 2 is 1.65 bits per heavy atom. The minimum absolute atomic E-state index is 0.771. The van der Waals surface area contributed by atoms with E-state index in [4.69, 9.17) is 0 Å². The first-order chi connectivity index (χ1) is 9.81. The lowest BCUT2D eigenvalue weighted by atomic mass is 10.1. The fourth-order valence-electron chi connectivity index (χ4n) is 2.15. The molecule has 1 aromatic heterocycles. The highest BCUT2D eigenvalue weighted by molar-refractivity contribution is 5.54. The van der Waals surface area contributed by atoms with Crippen molar-refractivity contribution < 1.29 is 0 Å². The topological polar surface area (TPSA) is 41.6 Å². The molecule has 0 spiro atoms. The zero-order valence-corrected chi connectivity index (χ0v) is 11.5. The fraction of sp³-hybridized carbons (Fsp3) is 0.176. The molecule has 0 bridgehead atoms. The standard InChI is InChI=1S/C17H17N3/c1-13-7-10-15(11-8-13)17-18-16(19-20-17)12-9-14-5-3-2-4-6-14/h2-8,10-11H,9,12H2,1H3,(H,18,19,20). The SMILES string of the molecule is Cc1ccc(-c2n[nH]c(CCc3ccccc3)n2)cc1. The summed E-state index contributed by atoms with van der Waals surface area (Å²) in [6, 6.07) is 18.7. The van der Waals surface area contributed by atoms with Gasteiger partial charge in [-0.1, -0.05) is 60.2 Å². The molecule has 3 aromatic rings. The number of nitrogens with one attached hydrogen (secondary N) is 1. The molecule has 0 unspecified atom stereocenters. The second kappa shape index (κ2) is 5.70. The summed E-state index contributed by atoms with van der Waals surface area (Å²) in [5.74, 6) is 1.71. The maximum absolute atomic E-state index is 4.56. The largest absolute Gasteiger partial charge is 0.263 e. The van der Waals surface area contributed by atoms with E-state index in [1.807, 2.05) is 6.07 Å². The van der Waals surface area contributed by atoms with E-state index in [9.17, 15) is 0 Å². The van der Waals surface area contributed by atoms with E-state index in [1.165, 1.54) is 11.1 Å². The third-order valence-electron chi connectivity index (χ3n) is 3.33. The van der Waals surface area contributed by atoms with Crippen LogP contribution in [-0.2, 0) is 12.8 Å². The van der Waals surface area contributed by atoms with Gasteiger partial charge < -0.3 is 0 Å². The predicted molar refractivity (Wildman–Crippen MR) is 80.4 cm³/mol. The minimum atomic E-state index is 0.771. The van der Waals surface area contributed by atoms with Crippen LogP contribution in [0.2, 0.25) is 0 Å². The zero-order chi connectivity index (χ0) is 13.8. The lowest BCUT2D eigenvalue weighted by Crippen LogP contribution is -1.93. The van der Waals surface area contributed by atoms with Gasteiger partial charge in [-0.3, -0.25) is 5.10 Å². The molecule has 0 fully saturated rings. The van der Waals surface area contributed by atoms with Crippen LogP contribution in [0.3, 0.4) is 0 Å². The molecule has 0 saturated heterocycles. The van der Waals surface area contributed by atoms with Gasteiger partial charge in [0.1, 0.15) is 5.82 Å². The number of H-pyrrole nitrogens is 1. The second-order valence-electron chi connectivity index (χ2n) is 4.96. The van der Waals surface area contributed by atoms with Gasteiger partial charge in [-0.2, -0.15) is 5.10 Å². The van der Waals surface area contributed by atoms with Crippen molar-refractivity contribution in [3.63, 3.8) is 0 Å². The van der Waals surface area contributed by atoms with Crippen molar-refractivity contribution in [3.05, 3.63) is 71.5 Å². The van der Waals surface area contributed by atoms with Crippen LogP contribution in [0.4, 0.5) is 0 Å². The number of nitrogens with zero attached hydrogens (tertiary/aromatic N) is 2. The molecule has 2 aromatic carbocycles. The molecule has 100 valence electrons. The number of aromatic amines is 1. The molecule has 1 N–H and O–H groups in total. The van der Waals surface area contributed by atoms with E-state index in [2.05, 4.69) is 70.6 Å². The van der Waals surface area contributed by atoms with E-state index in [0.29, 0.717) is 0 Å². The molecule has 0 aliphatic rings. The van der Waals surface area contributed by atoms with Gasteiger partial charge in [-0.05, 0) is 18.9 Å². The molecule has 0 aliphatic heterocycles. The van der Waals surface area contributed by atoms with E-state index in [1.54, 1.807) is 0 Å². The van der Waals surface area contributed by atoms with E-state index >= 15 is 0 Å². The molecule has 0 aliphatic carbocycles. The molecule has 0 radical (unpaired) electrons. The van der Waals surface area contributed by atoms with Crippen LogP contribution in [0.25, 0.3) is 11.4 Å². The average molecular weight is 263 g/mol. The molecular formula is C17H17N3. The summed E-state index contributed by atoms with van der Waals surface area (Å²) in [7, 11) is 0. The Bertz CT molecular complexity index is 669. The number of rotatable bonds is 4. The highest BCUT2D eigenvalue weighted by Crippen LogP contribution is 2.15. The second-order valence-corrected chi connectivity index (χ2v) is 4.96. The van der Waals surface area contributed by atoms with Crippen LogP contribution in [0.1, 0.15) is 17.0 Å². The van der Waals surface area contributed by atoms with Crippen LogP contribution < -0.4 is 0 Å². The monoisotopic (exact) mass is 263 g/mol. The smallest absolute Gasteiger partial charge is 0.181 e. The summed E-state index contributed by atoms with van der Waals surface area (Å²) in [6.45, 7) is 2.08. The zero-order valence-electron chi connectivity index (χ0n) is 11.5. The van der Waals surface area contributed by atoms with Crippen molar-refractivity contribution in [2.45, 2.75) is 19.8 Å². The molecule has 3 rings (SSSR count). The fourth-order valence-corrected chi connectivity index (χ4v) is 2.15. The summed E-state index contributed by atoms with van der Waals surface area (Å²) >= 11 is 0. The minimum Gasteiger partial charge on any atom is -0.263 e. The Labute approximate surface area is 118 Å². The lowest BCUT2D eigenvalue weighted by Gasteiger charge is -1.98. The Morgan fingerprint density at radius 1 is 0.900 bits per heavy atom. The Hall–Kier alpha value is -2.42. The molecule has 1 heterocycles. The summed E-state index contributed by atoms with van der Waals surface area (Å²) in [6.07, 6.45) is 1.85. The van der Waals surface area contributed by atoms with Crippen molar-refractivity contribution in [3.8, 4) is 11.4 Å². The summed E-state index contributed by atoms with van der Waals surface area (Å²) in [5, 5.41) is 7.32. The predicted octanol–water partition coefficient (Wildman–Crippen LogP) is 3.57. The number of benzene rings is 2. The van der Waals surface area contributed by atoms with Crippen molar-refractivity contribution in [1.29, 1.82) is 0 Å². The highest BCUT2D eigenvalue weighted by atomic mass is 15.2. The maximum atomic E-state index is 4.56. The van der Waals surface area contributed by atoms with E-state index in [-0.39, 0.29) is 0 Å². The van der Waals surface area contributed by atoms with Crippen LogP contribution in [0.15, 0.2) is 54.6 Å². The number of aromatic nitrogens is 3. The van der Waals surface area contributed by atoms with E-state index < -0.39 is 0 Å². The summed E-state index contributed by atoms with van der Waals surface area (Å²) in [4.78, 5) is 4.56. The van der Waals surface area contributed by atoms with Crippen LogP contribution in [-0.4, -0.2) is 15.2 Å². The summed E-state index contributed by atoms with van der Waals surface area (Å²) in [5.41, 5.74) is 3.62. The normalized spacial score (nSPS) is 10.7. The Balaban J connectivity index is 1.69. The van der Waals surface area contributed by atoms with Gasteiger partial charge in [-0.25, -0.2) is 4.98 Å². The lowest BCUT2D eigenvalue weighted by molar-refractivity contribution is 0.865. The molecule has 3 heteroatoms. The number of hydrogen-bond donors (Lipinski definition) is 1. The molecule has 20 heavy (non-hydrogen) atoms. The number of aryl methyl sites for hydroxylation is 3. The summed E-state index contributed by atoms with van der Waals surface area (Å²) < 4.78 is 0. The molecule has 0 saturated carbocycles. The van der Waals surface area contributed by atoms with Gasteiger partial charge in [0, 0.05) is 12.0 Å². The van der Waals surface area contributed by atoms with Gasteiger partial charge >= 0.3 is 0 Å². The van der Waals surface area contributed by atoms with Crippen LogP contribution in [0.5, 0.6) is 0 Å². The molecule has 0 atom stereocenters. The van der Waals surface area contributed by atoms with Gasteiger partial charge in [0.15, 0.2) is 5.82 Å². The molecule has 3 nitrogen and oxygen atoms in total.